The Hall–Kier alpha value is -1.07. The molecule has 1 aromatic heterocycles. The summed E-state index contributed by atoms with van der Waals surface area (Å²) in [5.41, 5.74) is -0.504. The van der Waals surface area contributed by atoms with Crippen LogP contribution < -0.4 is 10.6 Å². The summed E-state index contributed by atoms with van der Waals surface area (Å²) in [6.45, 7) is 4.01. The van der Waals surface area contributed by atoms with Gasteiger partial charge in [0.2, 0.25) is 5.91 Å². The molecule has 1 aromatic rings. The lowest BCUT2D eigenvalue weighted by molar-refractivity contribution is -0.133. The molecule has 1 amide bonds. The van der Waals surface area contributed by atoms with Crippen molar-refractivity contribution in [2.75, 3.05) is 13.1 Å². The lowest BCUT2D eigenvalue weighted by atomic mass is 9.83. The molecule has 23 heavy (non-hydrogen) atoms. The van der Waals surface area contributed by atoms with Crippen LogP contribution in [-0.2, 0) is 10.3 Å². The van der Waals surface area contributed by atoms with E-state index >= 15 is 0 Å². The van der Waals surface area contributed by atoms with Crippen molar-refractivity contribution in [1.29, 1.82) is 0 Å². The van der Waals surface area contributed by atoms with Crippen LogP contribution in [0.2, 0.25) is 0 Å². The molecule has 1 aliphatic heterocycles. The molecule has 130 valence electrons. The molecule has 6 heteroatoms. The van der Waals surface area contributed by atoms with Crippen molar-refractivity contribution < 1.29 is 4.79 Å². The fraction of sp³-hybridized carbons (Fsp3) is 0.765. The normalized spacial score (nSPS) is 27.0. The molecule has 2 aliphatic rings. The van der Waals surface area contributed by atoms with Crippen molar-refractivity contribution in [3.05, 3.63) is 18.5 Å². The lowest BCUT2D eigenvalue weighted by Gasteiger charge is -2.38. The molecule has 1 saturated carbocycles. The summed E-state index contributed by atoms with van der Waals surface area (Å²) >= 11 is 0. The second-order valence-electron chi connectivity index (χ2n) is 6.83. The molecule has 1 saturated heterocycles. The Labute approximate surface area is 145 Å². The fourth-order valence-corrected chi connectivity index (χ4v) is 3.96. The number of hydrogen-bond donors (Lipinski definition) is 2. The predicted octanol–water partition coefficient (Wildman–Crippen LogP) is 2.47. The number of halogens is 1. The minimum absolute atomic E-state index is 0. The van der Waals surface area contributed by atoms with Crippen LogP contribution in [0.1, 0.15) is 51.9 Å². The molecule has 0 spiro atoms. The van der Waals surface area contributed by atoms with Crippen molar-refractivity contribution in [3.63, 3.8) is 0 Å². The molecular weight excluding hydrogens is 312 g/mol. The first-order chi connectivity index (χ1) is 10.7. The summed E-state index contributed by atoms with van der Waals surface area (Å²) in [6.07, 6.45) is 11.3. The predicted molar refractivity (Wildman–Crippen MR) is 93.7 cm³/mol. The van der Waals surface area contributed by atoms with Crippen LogP contribution >= 0.6 is 12.4 Å². The van der Waals surface area contributed by atoms with E-state index in [4.69, 9.17) is 0 Å². The third-order valence-electron chi connectivity index (χ3n) is 5.56. The smallest absolute Gasteiger partial charge is 0.248 e. The van der Waals surface area contributed by atoms with Crippen LogP contribution in [0.25, 0.3) is 0 Å². The molecule has 2 N–H and O–H groups in total. The minimum atomic E-state index is -0.504. The monoisotopic (exact) mass is 340 g/mol. The minimum Gasteiger partial charge on any atom is -0.351 e. The second-order valence-corrected chi connectivity index (χ2v) is 6.83. The summed E-state index contributed by atoms with van der Waals surface area (Å²) in [5.74, 6) is 1.02. The Kier molecular flexibility index (Phi) is 6.48. The Morgan fingerprint density at radius 2 is 2.00 bits per heavy atom. The van der Waals surface area contributed by atoms with Gasteiger partial charge in [-0.25, -0.2) is 0 Å². The van der Waals surface area contributed by atoms with Crippen molar-refractivity contribution in [1.82, 2.24) is 20.4 Å². The number of nitrogens with zero attached hydrogens (tertiary/aromatic N) is 2. The third kappa shape index (κ3) is 3.89. The van der Waals surface area contributed by atoms with Gasteiger partial charge >= 0.3 is 0 Å². The first kappa shape index (κ1) is 18.3. The maximum Gasteiger partial charge on any atom is 0.248 e. The summed E-state index contributed by atoms with van der Waals surface area (Å²) < 4.78 is 1.88. The third-order valence-corrected chi connectivity index (χ3v) is 5.56. The molecule has 1 aliphatic carbocycles. The van der Waals surface area contributed by atoms with Gasteiger partial charge in [0.15, 0.2) is 0 Å². The second kappa shape index (κ2) is 8.15. The van der Waals surface area contributed by atoms with Gasteiger partial charge in [-0.2, -0.15) is 5.10 Å². The van der Waals surface area contributed by atoms with Gasteiger partial charge in [0, 0.05) is 18.4 Å². The van der Waals surface area contributed by atoms with Crippen LogP contribution in [0.3, 0.4) is 0 Å². The van der Waals surface area contributed by atoms with Crippen LogP contribution in [0, 0.1) is 5.92 Å². The van der Waals surface area contributed by atoms with Gasteiger partial charge in [-0.1, -0.05) is 13.3 Å². The lowest BCUT2D eigenvalue weighted by Crippen LogP contribution is -2.56. The standard InChI is InChI=1S/C17H28N4O.ClH/c1-2-14-4-6-15(7-5-14)20-16(22)17(8-11-18-12-9-17)21-13-3-10-19-21;/h3,10,13-15,18H,2,4-9,11-12H2,1H3,(H,20,22);1H. The number of aromatic nitrogens is 2. The molecule has 2 fully saturated rings. The van der Waals surface area contributed by atoms with Crippen LogP contribution in [-0.4, -0.2) is 34.8 Å². The van der Waals surface area contributed by atoms with Gasteiger partial charge in [0.05, 0.1) is 0 Å². The molecular formula is C17H29ClN4O. The molecule has 3 rings (SSSR count). The van der Waals surface area contributed by atoms with E-state index in [0.717, 1.165) is 44.7 Å². The number of hydrogen-bond acceptors (Lipinski definition) is 3. The molecule has 0 atom stereocenters. The number of carbonyl (C=O) groups excluding carboxylic acids is 1. The topological polar surface area (TPSA) is 59.0 Å². The average Bonchev–Trinajstić information content (AvgIpc) is 3.11. The van der Waals surface area contributed by atoms with E-state index in [1.807, 2.05) is 16.9 Å². The largest absolute Gasteiger partial charge is 0.351 e. The number of piperidine rings is 1. The highest BCUT2D eigenvalue weighted by Crippen LogP contribution is 2.30. The van der Waals surface area contributed by atoms with Crippen LogP contribution in [0.4, 0.5) is 0 Å². The summed E-state index contributed by atoms with van der Waals surface area (Å²) in [7, 11) is 0. The van der Waals surface area contributed by atoms with Crippen molar-refractivity contribution in [3.8, 4) is 0 Å². The molecule has 2 heterocycles. The van der Waals surface area contributed by atoms with Gasteiger partial charge in [0.25, 0.3) is 0 Å². The Morgan fingerprint density at radius 3 is 2.57 bits per heavy atom. The zero-order valence-corrected chi connectivity index (χ0v) is 14.8. The molecule has 0 unspecified atom stereocenters. The Balaban J connectivity index is 0.00000192. The number of carbonyl (C=O) groups is 1. The highest BCUT2D eigenvalue weighted by atomic mass is 35.5. The van der Waals surface area contributed by atoms with E-state index in [0.29, 0.717) is 6.04 Å². The molecule has 0 bridgehead atoms. The first-order valence-electron chi connectivity index (χ1n) is 8.76. The zero-order chi connectivity index (χ0) is 15.4. The summed E-state index contributed by atoms with van der Waals surface area (Å²) in [5, 5.41) is 11.1. The van der Waals surface area contributed by atoms with E-state index in [1.54, 1.807) is 6.20 Å². The number of nitrogens with one attached hydrogen (secondary N) is 2. The number of rotatable bonds is 4. The number of amides is 1. The van der Waals surface area contributed by atoms with Gasteiger partial charge in [-0.05, 0) is 63.6 Å². The van der Waals surface area contributed by atoms with Crippen LogP contribution in [0.15, 0.2) is 18.5 Å². The molecule has 0 aromatic carbocycles. The van der Waals surface area contributed by atoms with E-state index in [2.05, 4.69) is 22.7 Å². The SMILES string of the molecule is CCC1CCC(NC(=O)C2(n3cccn3)CCNCC2)CC1.Cl. The van der Waals surface area contributed by atoms with E-state index in [9.17, 15) is 4.79 Å². The summed E-state index contributed by atoms with van der Waals surface area (Å²) in [6, 6.07) is 2.25. The highest BCUT2D eigenvalue weighted by molar-refractivity contribution is 5.85. The Bertz CT molecular complexity index is 477. The van der Waals surface area contributed by atoms with Crippen molar-refractivity contribution in [2.45, 2.75) is 63.5 Å². The van der Waals surface area contributed by atoms with Gasteiger partial charge in [0.1, 0.15) is 5.54 Å². The first-order valence-corrected chi connectivity index (χ1v) is 8.76. The molecule has 5 nitrogen and oxygen atoms in total. The van der Waals surface area contributed by atoms with Crippen LogP contribution in [0.5, 0.6) is 0 Å². The van der Waals surface area contributed by atoms with E-state index in [1.165, 1.54) is 19.3 Å². The average molecular weight is 341 g/mol. The summed E-state index contributed by atoms with van der Waals surface area (Å²) in [4.78, 5) is 13.0. The van der Waals surface area contributed by atoms with Gasteiger partial charge in [-0.15, -0.1) is 12.4 Å². The van der Waals surface area contributed by atoms with Gasteiger partial charge < -0.3 is 10.6 Å². The maximum absolute atomic E-state index is 13.0. The fourth-order valence-electron chi connectivity index (χ4n) is 3.96. The highest BCUT2D eigenvalue weighted by Gasteiger charge is 2.42. The molecule has 0 radical (unpaired) electrons. The van der Waals surface area contributed by atoms with Crippen molar-refractivity contribution in [2.24, 2.45) is 5.92 Å². The van der Waals surface area contributed by atoms with E-state index in [-0.39, 0.29) is 18.3 Å². The van der Waals surface area contributed by atoms with Crippen molar-refractivity contribution >= 4 is 18.3 Å². The van der Waals surface area contributed by atoms with E-state index < -0.39 is 5.54 Å². The zero-order valence-electron chi connectivity index (χ0n) is 14.0. The Morgan fingerprint density at radius 1 is 1.30 bits per heavy atom. The van der Waals surface area contributed by atoms with Gasteiger partial charge in [-0.3, -0.25) is 9.48 Å². The maximum atomic E-state index is 13.0. The quantitative estimate of drug-likeness (QED) is 0.885.